The van der Waals surface area contributed by atoms with E-state index in [1.807, 2.05) is 0 Å². The highest BCUT2D eigenvalue weighted by atomic mass is 32.2. The predicted molar refractivity (Wildman–Crippen MR) is 115 cm³/mol. The fraction of sp³-hybridized carbons (Fsp3) is 0.143. The topological polar surface area (TPSA) is 108 Å². The lowest BCUT2D eigenvalue weighted by molar-refractivity contribution is -0.0499. The van der Waals surface area contributed by atoms with Crippen LogP contribution in [0.25, 0.3) is 21.8 Å². The Morgan fingerprint density at radius 1 is 0.914 bits per heavy atom. The number of fused-ring (bicyclic) bond motifs is 2. The fourth-order valence-electron chi connectivity index (χ4n) is 2.85. The molecular weight excluding hydrogens is 503 g/mol. The van der Waals surface area contributed by atoms with Gasteiger partial charge in [-0.3, -0.25) is 9.78 Å². The molecule has 4 rings (SSSR count). The molecule has 0 amide bonds. The molecular formula is C21H15F5N2O6S. The van der Waals surface area contributed by atoms with Crippen LogP contribution in [0.15, 0.2) is 53.6 Å². The molecule has 2 aromatic carbocycles. The molecule has 35 heavy (non-hydrogen) atoms. The zero-order chi connectivity index (χ0) is 26.0. The van der Waals surface area contributed by atoms with Gasteiger partial charge in [-0.2, -0.15) is 21.6 Å². The minimum absolute atomic E-state index is 0.0257. The number of H-pyrrole nitrogens is 1. The Labute approximate surface area is 194 Å². The van der Waals surface area contributed by atoms with Gasteiger partial charge in [0.1, 0.15) is 17.0 Å². The molecule has 0 unspecified atom stereocenters. The van der Waals surface area contributed by atoms with Crippen LogP contribution in [0.2, 0.25) is 0 Å². The number of halogens is 5. The lowest BCUT2D eigenvalue weighted by atomic mass is 10.2. The number of rotatable bonds is 4. The lowest BCUT2D eigenvalue weighted by Crippen LogP contribution is -2.28. The molecule has 0 spiro atoms. The van der Waals surface area contributed by atoms with Crippen LogP contribution in [0.1, 0.15) is 0 Å². The number of nitrogens with zero attached hydrogens (tertiary/aromatic N) is 1. The first-order chi connectivity index (χ1) is 16.4. The molecule has 4 aromatic rings. The SMILES string of the molecule is COc1cc(F)c2[nH]ccc(=O)c2c1.COc1cc(F)c2nccc(OS(=O)(=O)C(F)(F)F)c2c1. The molecule has 0 fully saturated rings. The largest absolute Gasteiger partial charge is 0.534 e. The molecule has 14 heteroatoms. The molecule has 0 aliphatic carbocycles. The van der Waals surface area contributed by atoms with Crippen molar-refractivity contribution in [2.24, 2.45) is 0 Å². The maximum Gasteiger partial charge on any atom is 0.534 e. The Morgan fingerprint density at radius 2 is 1.51 bits per heavy atom. The molecule has 0 bridgehead atoms. The quantitative estimate of drug-likeness (QED) is 0.244. The third-order valence-electron chi connectivity index (χ3n) is 4.48. The van der Waals surface area contributed by atoms with E-state index in [0.29, 0.717) is 11.1 Å². The second-order valence-electron chi connectivity index (χ2n) is 6.67. The van der Waals surface area contributed by atoms with Crippen LogP contribution >= 0.6 is 0 Å². The summed E-state index contributed by atoms with van der Waals surface area (Å²) in [6.45, 7) is 0. The molecule has 0 saturated heterocycles. The highest BCUT2D eigenvalue weighted by molar-refractivity contribution is 7.88. The molecule has 2 heterocycles. The lowest BCUT2D eigenvalue weighted by Gasteiger charge is -2.12. The number of pyridine rings is 2. The molecule has 8 nitrogen and oxygen atoms in total. The van der Waals surface area contributed by atoms with Gasteiger partial charge in [0, 0.05) is 36.7 Å². The van der Waals surface area contributed by atoms with Crippen molar-refractivity contribution in [2.75, 3.05) is 14.2 Å². The molecule has 0 saturated carbocycles. The van der Waals surface area contributed by atoms with E-state index in [1.165, 1.54) is 38.6 Å². The van der Waals surface area contributed by atoms with E-state index in [4.69, 9.17) is 9.47 Å². The average molecular weight is 518 g/mol. The summed E-state index contributed by atoms with van der Waals surface area (Å²) in [5, 5.41) is 0.0338. The monoisotopic (exact) mass is 518 g/mol. The van der Waals surface area contributed by atoms with Gasteiger partial charge >= 0.3 is 15.6 Å². The smallest absolute Gasteiger partial charge is 0.497 e. The summed E-state index contributed by atoms with van der Waals surface area (Å²) in [5.41, 5.74) is -5.96. The Kier molecular flexibility index (Phi) is 7.14. The summed E-state index contributed by atoms with van der Waals surface area (Å²) < 4.78 is 99.7. The third kappa shape index (κ3) is 5.42. The standard InChI is InChI=1S/C11H7F4NO4S.C10H8FNO2/c1-19-6-4-7-9(20-21(17,18)11(13,14)15)2-3-16-10(7)8(12)5-6;1-14-6-4-7-9(13)2-3-12-10(7)8(11)5-6/h2-5H,1H3;2-5H,1H3,(H,12,13). The Hall–Kier alpha value is -3.94. The van der Waals surface area contributed by atoms with Gasteiger partial charge in [-0.25, -0.2) is 8.78 Å². The molecule has 1 N–H and O–H groups in total. The van der Waals surface area contributed by atoms with Gasteiger partial charge in [0.05, 0.1) is 30.5 Å². The van der Waals surface area contributed by atoms with Crippen molar-refractivity contribution in [1.29, 1.82) is 0 Å². The molecule has 0 aliphatic rings. The fourth-order valence-corrected chi connectivity index (χ4v) is 3.33. The molecule has 0 aliphatic heterocycles. The average Bonchev–Trinajstić information content (AvgIpc) is 2.79. The zero-order valence-corrected chi connectivity index (χ0v) is 18.6. The highest BCUT2D eigenvalue weighted by Gasteiger charge is 2.48. The second-order valence-corrected chi connectivity index (χ2v) is 8.21. The first-order valence-electron chi connectivity index (χ1n) is 9.36. The highest BCUT2D eigenvalue weighted by Crippen LogP contribution is 2.33. The molecule has 2 aromatic heterocycles. The van der Waals surface area contributed by atoms with E-state index < -0.39 is 33.0 Å². The van der Waals surface area contributed by atoms with E-state index in [0.717, 1.165) is 24.4 Å². The number of methoxy groups -OCH3 is 2. The van der Waals surface area contributed by atoms with E-state index in [1.54, 1.807) is 0 Å². The van der Waals surface area contributed by atoms with Gasteiger partial charge in [-0.15, -0.1) is 0 Å². The van der Waals surface area contributed by atoms with Crippen LogP contribution in [-0.2, 0) is 10.1 Å². The number of benzene rings is 2. The normalized spacial score (nSPS) is 11.6. The summed E-state index contributed by atoms with van der Waals surface area (Å²) in [5.74, 6) is -1.76. The first kappa shape index (κ1) is 25.7. The number of ether oxygens (including phenoxy) is 2. The summed E-state index contributed by atoms with van der Waals surface area (Å²) >= 11 is 0. The molecule has 0 radical (unpaired) electrons. The number of alkyl halides is 3. The van der Waals surface area contributed by atoms with Crippen molar-refractivity contribution >= 4 is 31.9 Å². The number of aromatic amines is 1. The van der Waals surface area contributed by atoms with Crippen LogP contribution in [-0.4, -0.2) is 38.1 Å². The van der Waals surface area contributed by atoms with Gasteiger partial charge in [-0.05, 0) is 12.1 Å². The molecule has 186 valence electrons. The Balaban J connectivity index is 0.000000211. The van der Waals surface area contributed by atoms with Crippen molar-refractivity contribution in [2.45, 2.75) is 5.51 Å². The van der Waals surface area contributed by atoms with Crippen LogP contribution < -0.4 is 19.1 Å². The van der Waals surface area contributed by atoms with E-state index >= 15 is 0 Å². The van der Waals surface area contributed by atoms with Crippen molar-refractivity contribution in [3.05, 3.63) is 70.6 Å². The molecule has 0 atom stereocenters. The van der Waals surface area contributed by atoms with Gasteiger partial charge in [0.2, 0.25) is 0 Å². The van der Waals surface area contributed by atoms with Crippen molar-refractivity contribution < 1.29 is 44.0 Å². The van der Waals surface area contributed by atoms with Crippen molar-refractivity contribution in [1.82, 2.24) is 9.97 Å². The van der Waals surface area contributed by atoms with E-state index in [-0.39, 0.29) is 27.6 Å². The zero-order valence-electron chi connectivity index (χ0n) is 17.8. The van der Waals surface area contributed by atoms with Gasteiger partial charge in [-0.1, -0.05) is 0 Å². The maximum atomic E-state index is 13.7. The first-order valence-corrected chi connectivity index (χ1v) is 10.8. The van der Waals surface area contributed by atoms with Crippen molar-refractivity contribution in [3.8, 4) is 17.2 Å². The summed E-state index contributed by atoms with van der Waals surface area (Å²) in [7, 11) is -3.23. The van der Waals surface area contributed by atoms with Gasteiger partial charge < -0.3 is 18.6 Å². The van der Waals surface area contributed by atoms with E-state index in [9.17, 15) is 35.2 Å². The summed E-state index contributed by atoms with van der Waals surface area (Å²) in [6, 6.07) is 7.05. The van der Waals surface area contributed by atoms with Crippen LogP contribution in [0.3, 0.4) is 0 Å². The van der Waals surface area contributed by atoms with Gasteiger partial charge in [0.25, 0.3) is 0 Å². The number of nitrogens with one attached hydrogen (secondary N) is 1. The summed E-state index contributed by atoms with van der Waals surface area (Å²) in [4.78, 5) is 17.7. The third-order valence-corrected chi connectivity index (χ3v) is 5.44. The minimum Gasteiger partial charge on any atom is -0.497 e. The Bertz CT molecular complexity index is 1550. The second kappa shape index (κ2) is 9.74. The maximum absolute atomic E-state index is 13.7. The van der Waals surface area contributed by atoms with Crippen LogP contribution in [0.4, 0.5) is 22.0 Å². The number of hydrogen-bond donors (Lipinski definition) is 1. The minimum atomic E-state index is -5.87. The number of hydrogen-bond acceptors (Lipinski definition) is 7. The van der Waals surface area contributed by atoms with Crippen molar-refractivity contribution in [3.63, 3.8) is 0 Å². The van der Waals surface area contributed by atoms with Crippen LogP contribution in [0.5, 0.6) is 17.2 Å². The van der Waals surface area contributed by atoms with Crippen LogP contribution in [0, 0.1) is 11.6 Å². The Morgan fingerprint density at radius 3 is 2.11 bits per heavy atom. The number of aromatic nitrogens is 2. The van der Waals surface area contributed by atoms with Gasteiger partial charge in [0.15, 0.2) is 22.8 Å². The van der Waals surface area contributed by atoms with E-state index in [2.05, 4.69) is 14.2 Å². The summed E-state index contributed by atoms with van der Waals surface area (Å²) in [6.07, 6.45) is 2.35. The predicted octanol–water partition coefficient (Wildman–Crippen LogP) is 4.29.